The van der Waals surface area contributed by atoms with Crippen LogP contribution >= 0.6 is 0 Å². The fourth-order valence-corrected chi connectivity index (χ4v) is 2.54. The average Bonchev–Trinajstić information content (AvgIpc) is 2.85. The zero-order valence-corrected chi connectivity index (χ0v) is 12.4. The van der Waals surface area contributed by atoms with Gasteiger partial charge in [-0.3, -0.25) is 4.79 Å². The Morgan fingerprint density at radius 2 is 2.00 bits per heavy atom. The Bertz CT molecular complexity index is 851. The fourth-order valence-electron chi connectivity index (χ4n) is 2.54. The first kappa shape index (κ1) is 14.3. The second-order valence-corrected chi connectivity index (χ2v) is 5.16. The molecular weight excluding hydrogens is 281 g/mol. The number of furan rings is 1. The molecule has 0 radical (unpaired) electrons. The lowest BCUT2D eigenvalue weighted by molar-refractivity contribution is 0.0998. The Morgan fingerprint density at radius 3 is 2.77 bits per heavy atom. The van der Waals surface area contributed by atoms with E-state index in [1.807, 2.05) is 31.2 Å². The molecule has 1 N–H and O–H groups in total. The smallest absolute Gasteiger partial charge is 0.291 e. The molecule has 4 heteroatoms. The predicted molar refractivity (Wildman–Crippen MR) is 84.7 cm³/mol. The summed E-state index contributed by atoms with van der Waals surface area (Å²) >= 11 is 0. The van der Waals surface area contributed by atoms with E-state index in [-0.39, 0.29) is 17.5 Å². The molecule has 0 aliphatic rings. The van der Waals surface area contributed by atoms with Crippen LogP contribution in [0.15, 0.2) is 46.9 Å². The van der Waals surface area contributed by atoms with Gasteiger partial charge in [0.25, 0.3) is 5.91 Å². The fraction of sp³-hybridized carbons (Fsp3) is 0.167. The highest BCUT2D eigenvalue weighted by atomic mass is 19.1. The summed E-state index contributed by atoms with van der Waals surface area (Å²) in [5.41, 5.74) is 2.96. The molecule has 0 unspecified atom stereocenters. The van der Waals surface area contributed by atoms with Crippen molar-refractivity contribution in [3.8, 4) is 0 Å². The largest absolute Gasteiger partial charge is 0.451 e. The number of halogens is 1. The molecule has 1 amide bonds. The van der Waals surface area contributed by atoms with Gasteiger partial charge in [0.1, 0.15) is 11.4 Å². The Morgan fingerprint density at radius 1 is 1.23 bits per heavy atom. The van der Waals surface area contributed by atoms with E-state index in [0.29, 0.717) is 16.5 Å². The van der Waals surface area contributed by atoms with Gasteiger partial charge >= 0.3 is 0 Å². The molecule has 0 bridgehead atoms. The summed E-state index contributed by atoms with van der Waals surface area (Å²) in [5.74, 6) is -0.457. The van der Waals surface area contributed by atoms with Crippen LogP contribution in [0.3, 0.4) is 0 Å². The SMILES string of the molecule is CCc1ccccc1NC(=O)c1oc2ccc(F)cc2c1C. The van der Waals surface area contributed by atoms with E-state index in [1.165, 1.54) is 18.2 Å². The van der Waals surface area contributed by atoms with E-state index in [0.717, 1.165) is 17.7 Å². The molecule has 3 aromatic rings. The molecule has 2 aromatic carbocycles. The van der Waals surface area contributed by atoms with Crippen LogP contribution in [0, 0.1) is 12.7 Å². The Kier molecular flexibility index (Phi) is 3.67. The summed E-state index contributed by atoms with van der Waals surface area (Å²) in [4.78, 5) is 12.5. The van der Waals surface area contributed by atoms with Crippen LogP contribution in [0.2, 0.25) is 0 Å². The van der Waals surface area contributed by atoms with E-state index >= 15 is 0 Å². The van der Waals surface area contributed by atoms with Gasteiger partial charge < -0.3 is 9.73 Å². The summed E-state index contributed by atoms with van der Waals surface area (Å²) in [7, 11) is 0. The zero-order valence-electron chi connectivity index (χ0n) is 12.4. The topological polar surface area (TPSA) is 42.2 Å². The molecule has 22 heavy (non-hydrogen) atoms. The first-order valence-electron chi connectivity index (χ1n) is 7.18. The molecule has 0 aliphatic carbocycles. The second-order valence-electron chi connectivity index (χ2n) is 5.16. The van der Waals surface area contributed by atoms with E-state index in [1.54, 1.807) is 6.92 Å². The molecule has 0 fully saturated rings. The van der Waals surface area contributed by atoms with Gasteiger partial charge in [-0.15, -0.1) is 0 Å². The number of nitrogens with one attached hydrogen (secondary N) is 1. The lowest BCUT2D eigenvalue weighted by Crippen LogP contribution is -2.13. The maximum absolute atomic E-state index is 13.3. The van der Waals surface area contributed by atoms with Gasteiger partial charge in [-0.05, 0) is 43.2 Å². The molecule has 112 valence electrons. The Hall–Kier alpha value is -2.62. The van der Waals surface area contributed by atoms with Gasteiger partial charge in [0.2, 0.25) is 0 Å². The Balaban J connectivity index is 1.97. The summed E-state index contributed by atoms with van der Waals surface area (Å²) in [6.45, 7) is 3.78. The number of fused-ring (bicyclic) bond motifs is 1. The van der Waals surface area contributed by atoms with Crippen molar-refractivity contribution in [3.63, 3.8) is 0 Å². The molecule has 1 heterocycles. The van der Waals surface area contributed by atoms with E-state index in [9.17, 15) is 9.18 Å². The van der Waals surface area contributed by atoms with Crippen molar-refractivity contribution in [2.45, 2.75) is 20.3 Å². The van der Waals surface area contributed by atoms with Crippen molar-refractivity contribution in [1.82, 2.24) is 0 Å². The summed E-state index contributed by atoms with van der Waals surface area (Å²) in [5, 5.41) is 3.49. The molecule has 0 saturated heterocycles. The predicted octanol–water partition coefficient (Wildman–Crippen LogP) is 4.70. The van der Waals surface area contributed by atoms with Crippen molar-refractivity contribution in [2.24, 2.45) is 0 Å². The number of amides is 1. The molecule has 0 atom stereocenters. The first-order chi connectivity index (χ1) is 10.6. The van der Waals surface area contributed by atoms with Crippen LogP contribution < -0.4 is 5.32 Å². The van der Waals surface area contributed by atoms with E-state index in [4.69, 9.17) is 4.42 Å². The minimum absolute atomic E-state index is 0.214. The number of anilines is 1. The van der Waals surface area contributed by atoms with Crippen LogP contribution in [0.25, 0.3) is 11.0 Å². The number of para-hydroxylation sites is 1. The van der Waals surface area contributed by atoms with E-state index < -0.39 is 0 Å². The first-order valence-corrected chi connectivity index (χ1v) is 7.18. The van der Waals surface area contributed by atoms with Gasteiger partial charge in [0, 0.05) is 16.6 Å². The van der Waals surface area contributed by atoms with Crippen molar-refractivity contribution in [3.05, 3.63) is 65.2 Å². The average molecular weight is 297 g/mol. The number of hydrogen-bond donors (Lipinski definition) is 1. The molecular formula is C18H16FNO2. The van der Waals surface area contributed by atoms with Crippen molar-refractivity contribution in [2.75, 3.05) is 5.32 Å². The number of carbonyl (C=O) groups is 1. The Labute approximate surface area is 127 Å². The molecule has 3 rings (SSSR count). The van der Waals surface area contributed by atoms with Crippen LogP contribution in [-0.4, -0.2) is 5.91 Å². The monoisotopic (exact) mass is 297 g/mol. The minimum atomic E-state index is -0.348. The molecule has 1 aromatic heterocycles. The number of hydrogen-bond acceptors (Lipinski definition) is 2. The third-order valence-corrected chi connectivity index (χ3v) is 3.75. The third kappa shape index (κ3) is 2.48. The van der Waals surface area contributed by atoms with Crippen LogP contribution in [0.4, 0.5) is 10.1 Å². The normalized spacial score (nSPS) is 10.9. The van der Waals surface area contributed by atoms with Crippen LogP contribution in [0.5, 0.6) is 0 Å². The highest BCUT2D eigenvalue weighted by molar-refractivity contribution is 6.06. The summed E-state index contributed by atoms with van der Waals surface area (Å²) in [6.07, 6.45) is 0.820. The standard InChI is InChI=1S/C18H16FNO2/c1-3-12-6-4-5-7-15(12)20-18(21)17-11(2)14-10-13(19)8-9-16(14)22-17/h4-10H,3H2,1-2H3,(H,20,21). The minimum Gasteiger partial charge on any atom is -0.451 e. The number of carbonyl (C=O) groups excluding carboxylic acids is 1. The van der Waals surface area contributed by atoms with Crippen LogP contribution in [-0.2, 0) is 6.42 Å². The highest BCUT2D eigenvalue weighted by Crippen LogP contribution is 2.27. The van der Waals surface area contributed by atoms with Crippen molar-refractivity contribution >= 4 is 22.6 Å². The van der Waals surface area contributed by atoms with Gasteiger partial charge in [0.05, 0.1) is 0 Å². The molecule has 0 aliphatic heterocycles. The summed E-state index contributed by atoms with van der Waals surface area (Å²) < 4.78 is 18.9. The molecule has 3 nitrogen and oxygen atoms in total. The lowest BCUT2D eigenvalue weighted by atomic mass is 10.1. The molecule has 0 spiro atoms. The molecule has 0 saturated carbocycles. The third-order valence-electron chi connectivity index (χ3n) is 3.75. The van der Waals surface area contributed by atoms with Crippen molar-refractivity contribution in [1.29, 1.82) is 0 Å². The van der Waals surface area contributed by atoms with Gasteiger partial charge in [-0.25, -0.2) is 4.39 Å². The zero-order chi connectivity index (χ0) is 15.7. The maximum atomic E-state index is 13.3. The maximum Gasteiger partial charge on any atom is 0.291 e. The number of rotatable bonds is 3. The van der Waals surface area contributed by atoms with E-state index in [2.05, 4.69) is 5.32 Å². The summed E-state index contributed by atoms with van der Waals surface area (Å²) in [6, 6.07) is 11.9. The van der Waals surface area contributed by atoms with Gasteiger partial charge in [-0.1, -0.05) is 25.1 Å². The number of benzene rings is 2. The van der Waals surface area contributed by atoms with Crippen LogP contribution in [0.1, 0.15) is 28.6 Å². The van der Waals surface area contributed by atoms with Gasteiger partial charge in [-0.2, -0.15) is 0 Å². The quantitative estimate of drug-likeness (QED) is 0.761. The number of aryl methyl sites for hydroxylation is 2. The van der Waals surface area contributed by atoms with Gasteiger partial charge in [0.15, 0.2) is 5.76 Å². The van der Waals surface area contributed by atoms with Crippen molar-refractivity contribution < 1.29 is 13.6 Å². The second kappa shape index (κ2) is 5.64. The highest BCUT2D eigenvalue weighted by Gasteiger charge is 2.18. The lowest BCUT2D eigenvalue weighted by Gasteiger charge is -2.08.